The maximum atomic E-state index is 11.8. The van der Waals surface area contributed by atoms with Crippen LogP contribution in [0.5, 0.6) is 5.75 Å². The molecule has 0 aliphatic rings. The molecular weight excluding hydrogens is 386 g/mol. The number of carbonyl (C=O) groups excluding carboxylic acids is 2. The number of halogens is 1. The molecule has 3 N–H and O–H groups in total. The standard InChI is InChI=1S/C19H18ClN3O5/c1-12-2-4-13(5-3-12)9-21-18(26)19(27)23-22-10-14-6-7-16(15(20)8-14)28-11-17(24)25/h2-8,10H,9,11H2,1H3,(H,21,26)(H,23,27)(H,24,25)/b22-10-. The number of ether oxygens (including phenoxy) is 1. The van der Waals surface area contributed by atoms with Gasteiger partial charge in [-0.2, -0.15) is 5.10 Å². The van der Waals surface area contributed by atoms with Gasteiger partial charge in [0, 0.05) is 6.54 Å². The maximum Gasteiger partial charge on any atom is 0.341 e. The highest BCUT2D eigenvalue weighted by molar-refractivity contribution is 6.35. The molecule has 0 saturated heterocycles. The number of carboxylic acid groups (broad SMARTS) is 1. The van der Waals surface area contributed by atoms with E-state index in [4.69, 9.17) is 21.4 Å². The Bertz CT molecular complexity index is 897. The van der Waals surface area contributed by atoms with E-state index in [1.807, 2.05) is 31.2 Å². The fourth-order valence-electron chi connectivity index (χ4n) is 2.04. The number of carbonyl (C=O) groups is 3. The van der Waals surface area contributed by atoms with Crippen LogP contribution < -0.4 is 15.5 Å². The summed E-state index contributed by atoms with van der Waals surface area (Å²) in [4.78, 5) is 34.0. The van der Waals surface area contributed by atoms with Crippen LogP contribution in [0.4, 0.5) is 0 Å². The lowest BCUT2D eigenvalue weighted by Gasteiger charge is -2.06. The molecule has 0 atom stereocenters. The molecule has 0 spiro atoms. The van der Waals surface area contributed by atoms with Crippen molar-refractivity contribution in [3.63, 3.8) is 0 Å². The van der Waals surface area contributed by atoms with Crippen molar-refractivity contribution < 1.29 is 24.2 Å². The number of aryl methyl sites for hydroxylation is 1. The molecule has 0 fully saturated rings. The van der Waals surface area contributed by atoms with Gasteiger partial charge in [0.25, 0.3) is 0 Å². The summed E-state index contributed by atoms with van der Waals surface area (Å²) in [6.07, 6.45) is 1.29. The molecule has 0 bridgehead atoms. The largest absolute Gasteiger partial charge is 0.480 e. The highest BCUT2D eigenvalue weighted by atomic mass is 35.5. The Morgan fingerprint density at radius 3 is 2.50 bits per heavy atom. The lowest BCUT2D eigenvalue weighted by Crippen LogP contribution is -2.37. The highest BCUT2D eigenvalue weighted by Gasteiger charge is 2.12. The van der Waals surface area contributed by atoms with Gasteiger partial charge in [-0.05, 0) is 36.2 Å². The Morgan fingerprint density at radius 1 is 1.14 bits per heavy atom. The van der Waals surface area contributed by atoms with Crippen LogP contribution in [0, 0.1) is 6.92 Å². The van der Waals surface area contributed by atoms with Crippen LogP contribution in [-0.4, -0.2) is 35.7 Å². The predicted molar refractivity (Wildman–Crippen MR) is 103 cm³/mol. The number of nitrogens with one attached hydrogen (secondary N) is 2. The summed E-state index contributed by atoms with van der Waals surface area (Å²) < 4.78 is 5.00. The minimum Gasteiger partial charge on any atom is -0.480 e. The molecule has 0 aliphatic heterocycles. The zero-order valence-corrected chi connectivity index (χ0v) is 15.7. The molecule has 0 unspecified atom stereocenters. The van der Waals surface area contributed by atoms with Crippen molar-refractivity contribution in [2.75, 3.05) is 6.61 Å². The molecule has 2 amide bonds. The van der Waals surface area contributed by atoms with E-state index < -0.39 is 24.4 Å². The van der Waals surface area contributed by atoms with Crippen molar-refractivity contribution in [1.29, 1.82) is 0 Å². The molecule has 0 heterocycles. The third-order valence-electron chi connectivity index (χ3n) is 3.47. The van der Waals surface area contributed by atoms with Crippen LogP contribution in [0.2, 0.25) is 5.02 Å². The van der Waals surface area contributed by atoms with Gasteiger partial charge in [0.2, 0.25) is 0 Å². The third kappa shape index (κ3) is 6.73. The normalized spacial score (nSPS) is 10.5. The van der Waals surface area contributed by atoms with Crippen molar-refractivity contribution in [3.8, 4) is 5.75 Å². The second kappa shape index (κ2) is 10.1. The van der Waals surface area contributed by atoms with Gasteiger partial charge in [0.1, 0.15) is 5.75 Å². The lowest BCUT2D eigenvalue weighted by atomic mass is 10.1. The number of rotatable bonds is 7. The van der Waals surface area contributed by atoms with Crippen molar-refractivity contribution in [2.45, 2.75) is 13.5 Å². The summed E-state index contributed by atoms with van der Waals surface area (Å²) in [5, 5.41) is 15.0. The Hall–Kier alpha value is -3.39. The summed E-state index contributed by atoms with van der Waals surface area (Å²) in [7, 11) is 0. The minimum absolute atomic E-state index is 0.187. The van der Waals surface area contributed by atoms with Gasteiger partial charge >= 0.3 is 17.8 Å². The molecule has 2 aromatic rings. The summed E-state index contributed by atoms with van der Waals surface area (Å²) >= 11 is 5.98. The average molecular weight is 404 g/mol. The fourth-order valence-corrected chi connectivity index (χ4v) is 2.28. The van der Waals surface area contributed by atoms with E-state index in [0.717, 1.165) is 11.1 Å². The molecular formula is C19H18ClN3O5. The molecule has 0 aromatic heterocycles. The van der Waals surface area contributed by atoms with Crippen LogP contribution in [0.15, 0.2) is 47.6 Å². The number of hydrazone groups is 1. The molecule has 28 heavy (non-hydrogen) atoms. The van der Waals surface area contributed by atoms with E-state index in [1.165, 1.54) is 18.3 Å². The molecule has 2 aromatic carbocycles. The number of benzene rings is 2. The van der Waals surface area contributed by atoms with Gasteiger partial charge < -0.3 is 15.2 Å². The van der Waals surface area contributed by atoms with E-state index in [1.54, 1.807) is 6.07 Å². The quantitative estimate of drug-likeness (QED) is 0.370. The second-order valence-corrected chi connectivity index (χ2v) is 6.15. The van der Waals surface area contributed by atoms with Gasteiger partial charge in [0.05, 0.1) is 11.2 Å². The van der Waals surface area contributed by atoms with Crippen LogP contribution in [0.25, 0.3) is 0 Å². The minimum atomic E-state index is -1.12. The second-order valence-electron chi connectivity index (χ2n) is 5.74. The van der Waals surface area contributed by atoms with E-state index in [0.29, 0.717) is 5.56 Å². The SMILES string of the molecule is Cc1ccc(CNC(=O)C(=O)N/N=C\c2ccc(OCC(=O)O)c(Cl)c2)cc1. The van der Waals surface area contributed by atoms with Crippen LogP contribution in [0.3, 0.4) is 0 Å². The smallest absolute Gasteiger partial charge is 0.341 e. The molecule has 0 saturated carbocycles. The zero-order chi connectivity index (χ0) is 20.5. The first-order chi connectivity index (χ1) is 13.3. The summed E-state index contributed by atoms with van der Waals surface area (Å²) in [5.74, 6) is -2.63. The summed E-state index contributed by atoms with van der Waals surface area (Å²) in [6.45, 7) is 1.67. The molecule has 9 heteroatoms. The topological polar surface area (TPSA) is 117 Å². The van der Waals surface area contributed by atoms with Crippen molar-refractivity contribution in [2.24, 2.45) is 5.10 Å². The van der Waals surface area contributed by atoms with E-state index in [9.17, 15) is 14.4 Å². The molecule has 2 rings (SSSR count). The van der Waals surface area contributed by atoms with Gasteiger partial charge in [-0.1, -0.05) is 41.4 Å². The third-order valence-corrected chi connectivity index (χ3v) is 3.76. The predicted octanol–water partition coefficient (Wildman–Crippen LogP) is 1.88. The van der Waals surface area contributed by atoms with Crippen molar-refractivity contribution >= 4 is 35.6 Å². The number of aliphatic carboxylic acids is 1. The first kappa shape index (κ1) is 20.9. The molecule has 0 aliphatic carbocycles. The molecule has 0 radical (unpaired) electrons. The lowest BCUT2D eigenvalue weighted by molar-refractivity contribution is -0.139. The molecule has 8 nitrogen and oxygen atoms in total. The number of hydrogen-bond acceptors (Lipinski definition) is 5. The Morgan fingerprint density at radius 2 is 1.86 bits per heavy atom. The average Bonchev–Trinajstić information content (AvgIpc) is 2.66. The Kier molecular flexibility index (Phi) is 7.53. The van der Waals surface area contributed by atoms with Crippen LogP contribution >= 0.6 is 11.6 Å². The van der Waals surface area contributed by atoms with Gasteiger partial charge in [-0.3, -0.25) is 9.59 Å². The van der Waals surface area contributed by atoms with Gasteiger partial charge in [0.15, 0.2) is 6.61 Å². The van der Waals surface area contributed by atoms with E-state index in [-0.39, 0.29) is 17.3 Å². The number of nitrogens with zero attached hydrogens (tertiary/aromatic N) is 1. The van der Waals surface area contributed by atoms with Gasteiger partial charge in [-0.15, -0.1) is 0 Å². The van der Waals surface area contributed by atoms with E-state index >= 15 is 0 Å². The monoisotopic (exact) mass is 403 g/mol. The number of hydrogen-bond donors (Lipinski definition) is 3. The Labute approximate surface area is 166 Å². The number of amides is 2. The van der Waals surface area contributed by atoms with Gasteiger partial charge in [-0.25, -0.2) is 10.2 Å². The first-order valence-corrected chi connectivity index (χ1v) is 8.54. The Balaban J connectivity index is 1.83. The fraction of sp³-hybridized carbons (Fsp3) is 0.158. The highest BCUT2D eigenvalue weighted by Crippen LogP contribution is 2.24. The number of carboxylic acids is 1. The van der Waals surface area contributed by atoms with Crippen molar-refractivity contribution in [1.82, 2.24) is 10.7 Å². The summed E-state index contributed by atoms with van der Waals surface area (Å²) in [6, 6.07) is 12.1. The molecule has 146 valence electrons. The summed E-state index contributed by atoms with van der Waals surface area (Å²) in [5.41, 5.74) is 4.61. The zero-order valence-electron chi connectivity index (χ0n) is 14.9. The van der Waals surface area contributed by atoms with Crippen LogP contribution in [-0.2, 0) is 20.9 Å². The first-order valence-electron chi connectivity index (χ1n) is 8.16. The van der Waals surface area contributed by atoms with Crippen LogP contribution in [0.1, 0.15) is 16.7 Å². The van der Waals surface area contributed by atoms with Crippen molar-refractivity contribution in [3.05, 3.63) is 64.2 Å². The van der Waals surface area contributed by atoms with E-state index in [2.05, 4.69) is 15.8 Å². The maximum absolute atomic E-state index is 11.8.